The van der Waals surface area contributed by atoms with Crippen LogP contribution < -0.4 is 9.47 Å². The zero-order valence-electron chi connectivity index (χ0n) is 17.4. The SMILES string of the molecule is O=C(O)c1ccc(CN2Cc3[nH]cnc3CC2c2nc(-c3ccc4c(c3)OCO4)no2)cc1. The van der Waals surface area contributed by atoms with E-state index in [1.807, 2.05) is 30.3 Å². The van der Waals surface area contributed by atoms with Crippen molar-refractivity contribution in [3.63, 3.8) is 0 Å². The zero-order valence-corrected chi connectivity index (χ0v) is 17.4. The van der Waals surface area contributed by atoms with Crippen molar-refractivity contribution in [1.82, 2.24) is 25.0 Å². The number of carbonyl (C=O) groups is 1. The molecule has 2 aliphatic heterocycles. The van der Waals surface area contributed by atoms with Crippen molar-refractivity contribution >= 4 is 5.97 Å². The number of carboxylic acid groups (broad SMARTS) is 1. The van der Waals surface area contributed by atoms with Crippen molar-refractivity contribution < 1.29 is 23.9 Å². The van der Waals surface area contributed by atoms with Gasteiger partial charge in [-0.3, -0.25) is 4.90 Å². The highest BCUT2D eigenvalue weighted by Gasteiger charge is 2.33. The van der Waals surface area contributed by atoms with Crippen molar-refractivity contribution in [2.75, 3.05) is 6.79 Å². The summed E-state index contributed by atoms with van der Waals surface area (Å²) in [4.78, 5) is 25.7. The summed E-state index contributed by atoms with van der Waals surface area (Å²) in [7, 11) is 0. The summed E-state index contributed by atoms with van der Waals surface area (Å²) >= 11 is 0. The topological polar surface area (TPSA) is 127 Å². The molecule has 0 aliphatic carbocycles. The second-order valence-electron chi connectivity index (χ2n) is 7.98. The Morgan fingerprint density at radius 3 is 2.85 bits per heavy atom. The minimum atomic E-state index is -0.943. The third-order valence-corrected chi connectivity index (χ3v) is 5.94. The van der Waals surface area contributed by atoms with Crippen LogP contribution in [0.2, 0.25) is 0 Å². The van der Waals surface area contributed by atoms with E-state index < -0.39 is 5.97 Å². The highest BCUT2D eigenvalue weighted by molar-refractivity contribution is 5.87. The van der Waals surface area contributed by atoms with Crippen molar-refractivity contribution in [3.8, 4) is 22.9 Å². The Balaban J connectivity index is 1.29. The predicted molar refractivity (Wildman–Crippen MR) is 114 cm³/mol. The Labute approximate surface area is 187 Å². The molecule has 10 heteroatoms. The van der Waals surface area contributed by atoms with Gasteiger partial charge in [-0.05, 0) is 35.9 Å². The van der Waals surface area contributed by atoms with E-state index in [-0.39, 0.29) is 18.4 Å². The molecule has 2 aromatic heterocycles. The Morgan fingerprint density at radius 2 is 2.00 bits per heavy atom. The lowest BCUT2D eigenvalue weighted by Gasteiger charge is -2.32. The smallest absolute Gasteiger partial charge is 0.335 e. The number of nitrogens with zero attached hydrogens (tertiary/aromatic N) is 4. The Bertz CT molecular complexity index is 1330. The van der Waals surface area contributed by atoms with Gasteiger partial charge in [0, 0.05) is 25.1 Å². The van der Waals surface area contributed by atoms with Crippen LogP contribution in [0, 0.1) is 0 Å². The number of hydrogen-bond acceptors (Lipinski definition) is 8. The van der Waals surface area contributed by atoms with Crippen molar-refractivity contribution in [1.29, 1.82) is 0 Å². The van der Waals surface area contributed by atoms with Gasteiger partial charge in [0.2, 0.25) is 18.5 Å². The molecule has 0 saturated heterocycles. The first-order valence-corrected chi connectivity index (χ1v) is 10.4. The molecule has 0 saturated carbocycles. The predicted octanol–water partition coefficient (Wildman–Crippen LogP) is 3.19. The largest absolute Gasteiger partial charge is 0.478 e. The quantitative estimate of drug-likeness (QED) is 0.476. The van der Waals surface area contributed by atoms with E-state index in [1.165, 1.54) is 0 Å². The number of aromatic amines is 1. The molecule has 2 aromatic carbocycles. The van der Waals surface area contributed by atoms with Crippen LogP contribution in [0.3, 0.4) is 0 Å². The lowest BCUT2D eigenvalue weighted by atomic mass is 10.0. The number of imidazole rings is 1. The summed E-state index contributed by atoms with van der Waals surface area (Å²) in [6, 6.07) is 12.3. The lowest BCUT2D eigenvalue weighted by molar-refractivity contribution is 0.0697. The first kappa shape index (κ1) is 19.5. The first-order chi connectivity index (χ1) is 16.1. The number of carboxylic acids is 1. The number of fused-ring (bicyclic) bond motifs is 2. The van der Waals surface area contributed by atoms with E-state index in [9.17, 15) is 4.79 Å². The van der Waals surface area contributed by atoms with Gasteiger partial charge in [-0.2, -0.15) is 4.98 Å². The number of aromatic nitrogens is 4. The van der Waals surface area contributed by atoms with E-state index in [4.69, 9.17) is 19.1 Å². The van der Waals surface area contributed by atoms with E-state index >= 15 is 0 Å². The van der Waals surface area contributed by atoms with Gasteiger partial charge in [0.25, 0.3) is 0 Å². The molecule has 0 spiro atoms. The molecule has 0 radical (unpaired) electrons. The molecule has 2 aliphatic rings. The summed E-state index contributed by atoms with van der Waals surface area (Å²) in [5.41, 5.74) is 4.05. The molecule has 2 N–H and O–H groups in total. The van der Waals surface area contributed by atoms with Crippen LogP contribution in [0.25, 0.3) is 11.4 Å². The molecule has 1 atom stereocenters. The number of aromatic carboxylic acids is 1. The molecular weight excluding hydrogens is 426 g/mol. The van der Waals surface area contributed by atoms with Crippen LogP contribution >= 0.6 is 0 Å². The molecule has 0 fully saturated rings. The van der Waals surface area contributed by atoms with Crippen LogP contribution in [0.15, 0.2) is 53.3 Å². The maximum atomic E-state index is 11.2. The molecule has 0 bridgehead atoms. The van der Waals surface area contributed by atoms with Crippen molar-refractivity contribution in [2.24, 2.45) is 0 Å². The molecule has 10 nitrogen and oxygen atoms in total. The van der Waals surface area contributed by atoms with Gasteiger partial charge in [-0.1, -0.05) is 17.3 Å². The fourth-order valence-corrected chi connectivity index (χ4v) is 4.21. The second-order valence-corrected chi connectivity index (χ2v) is 7.98. The number of benzene rings is 2. The molecule has 4 aromatic rings. The average Bonchev–Trinajstić information content (AvgIpc) is 3.58. The van der Waals surface area contributed by atoms with Crippen molar-refractivity contribution in [3.05, 3.63) is 77.2 Å². The molecule has 33 heavy (non-hydrogen) atoms. The number of ether oxygens (including phenoxy) is 2. The maximum absolute atomic E-state index is 11.2. The highest BCUT2D eigenvalue weighted by atomic mass is 16.7. The standard InChI is InChI=1S/C23H19N5O5/c29-23(30)14-3-1-13(2-4-14)9-28-10-17-16(24-11-25-17)8-18(28)22-26-21(27-33-22)15-5-6-19-20(7-15)32-12-31-19/h1-7,11,18H,8-10,12H2,(H,24,25)(H,29,30). The molecule has 166 valence electrons. The van der Waals surface area contributed by atoms with Crippen LogP contribution in [-0.2, 0) is 19.5 Å². The van der Waals surface area contributed by atoms with Crippen molar-refractivity contribution in [2.45, 2.75) is 25.6 Å². The Kier molecular flexibility index (Phi) is 4.58. The zero-order chi connectivity index (χ0) is 22.4. The van der Waals surface area contributed by atoms with Crippen LogP contribution in [0.4, 0.5) is 0 Å². The molecular formula is C23H19N5O5. The van der Waals surface area contributed by atoms with Gasteiger partial charge in [0.15, 0.2) is 11.5 Å². The van der Waals surface area contributed by atoms with E-state index in [1.54, 1.807) is 18.5 Å². The van der Waals surface area contributed by atoms with Gasteiger partial charge in [-0.25, -0.2) is 9.78 Å². The van der Waals surface area contributed by atoms with E-state index in [0.29, 0.717) is 42.7 Å². The molecule has 1 unspecified atom stereocenters. The Morgan fingerprint density at radius 1 is 1.15 bits per heavy atom. The van der Waals surface area contributed by atoms with Gasteiger partial charge in [0.05, 0.1) is 29.3 Å². The molecule has 4 heterocycles. The second kappa shape index (κ2) is 7.75. The Hall–Kier alpha value is -4.18. The lowest BCUT2D eigenvalue weighted by Crippen LogP contribution is -2.34. The summed E-state index contributed by atoms with van der Waals surface area (Å²) in [6.45, 7) is 1.42. The normalized spacial score (nSPS) is 17.2. The number of nitrogens with one attached hydrogen (secondary N) is 1. The van der Waals surface area contributed by atoms with E-state index in [2.05, 4.69) is 25.0 Å². The van der Waals surface area contributed by atoms with Crippen LogP contribution in [-0.4, -0.2) is 42.9 Å². The third-order valence-electron chi connectivity index (χ3n) is 5.94. The fourth-order valence-electron chi connectivity index (χ4n) is 4.21. The minimum Gasteiger partial charge on any atom is -0.478 e. The number of H-pyrrole nitrogens is 1. The first-order valence-electron chi connectivity index (χ1n) is 10.4. The average molecular weight is 445 g/mol. The number of rotatable bonds is 5. The number of hydrogen-bond donors (Lipinski definition) is 2. The summed E-state index contributed by atoms with van der Waals surface area (Å²) in [5, 5.41) is 13.4. The molecule has 0 amide bonds. The maximum Gasteiger partial charge on any atom is 0.335 e. The van der Waals surface area contributed by atoms with Crippen LogP contribution in [0.1, 0.15) is 39.2 Å². The van der Waals surface area contributed by atoms with E-state index in [0.717, 1.165) is 22.5 Å². The highest BCUT2D eigenvalue weighted by Crippen LogP contribution is 2.37. The third kappa shape index (κ3) is 3.60. The van der Waals surface area contributed by atoms with Crippen LogP contribution in [0.5, 0.6) is 11.5 Å². The van der Waals surface area contributed by atoms with Gasteiger partial charge >= 0.3 is 5.97 Å². The fraction of sp³-hybridized carbons (Fsp3) is 0.217. The molecule has 6 rings (SSSR count). The summed E-state index contributed by atoms with van der Waals surface area (Å²) < 4.78 is 16.5. The monoisotopic (exact) mass is 445 g/mol. The van der Waals surface area contributed by atoms with Gasteiger partial charge in [0.1, 0.15) is 0 Å². The minimum absolute atomic E-state index is 0.171. The summed E-state index contributed by atoms with van der Waals surface area (Å²) in [5.74, 6) is 1.38. The summed E-state index contributed by atoms with van der Waals surface area (Å²) in [6.07, 6.45) is 2.31. The van der Waals surface area contributed by atoms with Gasteiger partial charge < -0.3 is 24.1 Å². The van der Waals surface area contributed by atoms with Gasteiger partial charge in [-0.15, -0.1) is 0 Å².